The smallest absolute Gasteiger partial charge is 0.216 e. The van der Waals surface area contributed by atoms with E-state index in [1.807, 2.05) is 47.8 Å². The third-order valence-electron chi connectivity index (χ3n) is 8.66. The Labute approximate surface area is 291 Å². The van der Waals surface area contributed by atoms with Crippen LogP contribution in [0.3, 0.4) is 0 Å². The molecule has 3 aliphatic rings. The van der Waals surface area contributed by atoms with Crippen molar-refractivity contribution in [1.82, 2.24) is 9.88 Å². The summed E-state index contributed by atoms with van der Waals surface area (Å²) in [6.45, 7) is 8.56. The van der Waals surface area contributed by atoms with Gasteiger partial charge in [-0.15, -0.1) is 0 Å². The van der Waals surface area contributed by atoms with E-state index in [2.05, 4.69) is 63.6 Å². The fourth-order valence-electron chi connectivity index (χ4n) is 6.15. The molecule has 0 aliphatic carbocycles. The van der Waals surface area contributed by atoms with Crippen molar-refractivity contribution in [2.75, 3.05) is 90.2 Å². The van der Waals surface area contributed by atoms with Gasteiger partial charge in [0.15, 0.2) is 0 Å². The number of fused-ring (bicyclic) bond motifs is 2. The number of aromatic nitrogens is 1. The van der Waals surface area contributed by atoms with Crippen molar-refractivity contribution in [1.29, 1.82) is 0 Å². The Balaban J connectivity index is 1.13. The Bertz CT molecular complexity index is 1680. The first kappa shape index (κ1) is 33.1. The average Bonchev–Trinajstić information content (AvgIpc) is 3.14. The molecule has 9 nitrogen and oxygen atoms in total. The van der Waals surface area contributed by atoms with E-state index >= 15 is 0 Å². The van der Waals surface area contributed by atoms with Crippen LogP contribution in [0.1, 0.15) is 5.56 Å². The van der Waals surface area contributed by atoms with Crippen molar-refractivity contribution in [2.45, 2.75) is 32.2 Å². The number of nitrogens with one attached hydrogen (secondary N) is 1. The minimum Gasteiger partial charge on any atom is -0.497 e. The van der Waals surface area contributed by atoms with E-state index in [1.165, 1.54) is 19.6 Å². The van der Waals surface area contributed by atoms with Gasteiger partial charge in [-0.2, -0.15) is 0 Å². The van der Waals surface area contributed by atoms with E-state index in [1.54, 1.807) is 14.2 Å². The monoisotopic (exact) mass is 686 g/mol. The van der Waals surface area contributed by atoms with Crippen LogP contribution in [0, 0.1) is 0 Å². The zero-order valence-electron chi connectivity index (χ0n) is 27.5. The number of benzene rings is 3. The van der Waals surface area contributed by atoms with E-state index < -0.39 is 0 Å². The molecule has 0 spiro atoms. The number of hydrogen-bond acceptors (Lipinski definition) is 11. The molecule has 7 rings (SSSR count). The molecule has 4 aromatic rings. The van der Waals surface area contributed by atoms with E-state index in [-0.39, 0.29) is 6.04 Å². The normalized spacial score (nSPS) is 16.9. The zero-order chi connectivity index (χ0) is 32.7. The maximum Gasteiger partial charge on any atom is 0.216 e. The molecule has 0 unspecified atom stereocenters. The third kappa shape index (κ3) is 8.05. The van der Waals surface area contributed by atoms with Crippen LogP contribution in [-0.4, -0.2) is 95.9 Å². The lowest BCUT2D eigenvalue weighted by Gasteiger charge is -2.31. The topological polar surface area (TPSA) is 77.6 Å². The lowest BCUT2D eigenvalue weighted by Crippen LogP contribution is -2.44. The van der Waals surface area contributed by atoms with Gasteiger partial charge in [0, 0.05) is 82.4 Å². The molecular weight excluding hydrogens is 645 g/mol. The highest BCUT2D eigenvalue weighted by Crippen LogP contribution is 2.52. The predicted molar refractivity (Wildman–Crippen MR) is 191 cm³/mol. The second-order valence-electron chi connectivity index (χ2n) is 12.0. The molecule has 48 heavy (non-hydrogen) atoms. The highest BCUT2D eigenvalue weighted by molar-refractivity contribution is 8.05. The minimum atomic E-state index is 0.192. The molecule has 1 N–H and O–H groups in total. The van der Waals surface area contributed by atoms with E-state index in [0.29, 0.717) is 32.3 Å². The Morgan fingerprint density at radius 2 is 1.62 bits per heavy atom. The summed E-state index contributed by atoms with van der Waals surface area (Å²) in [4.78, 5) is 14.8. The SMILES string of the molecule is COC[C@H](CN1CCOCC1)Nc1ccc2c(c1)Sc1cccc(-c3cc(N4CCOCC4)cc(OCc4ccc(OC)cc4)n3)c1S2. The fraction of sp³-hybridized carbons (Fsp3) is 0.378. The van der Waals surface area contributed by atoms with Gasteiger partial charge < -0.3 is 33.9 Å². The first-order valence-corrected chi connectivity index (χ1v) is 18.1. The van der Waals surface area contributed by atoms with Crippen molar-refractivity contribution >= 4 is 34.9 Å². The predicted octanol–water partition coefficient (Wildman–Crippen LogP) is 6.55. The molecule has 252 valence electrons. The second-order valence-corrected chi connectivity index (χ2v) is 14.1. The molecule has 1 aromatic heterocycles. The average molecular weight is 687 g/mol. The molecule has 11 heteroatoms. The first-order valence-electron chi connectivity index (χ1n) is 16.4. The summed E-state index contributed by atoms with van der Waals surface area (Å²) in [6.07, 6.45) is 0. The van der Waals surface area contributed by atoms with Gasteiger partial charge >= 0.3 is 0 Å². The van der Waals surface area contributed by atoms with Crippen LogP contribution in [0.15, 0.2) is 92.4 Å². The van der Waals surface area contributed by atoms with Crippen molar-refractivity contribution in [3.8, 4) is 22.9 Å². The quantitative estimate of drug-likeness (QED) is 0.155. The van der Waals surface area contributed by atoms with Gasteiger partial charge in [0.25, 0.3) is 0 Å². The molecule has 0 bridgehead atoms. The lowest BCUT2D eigenvalue weighted by molar-refractivity contribution is 0.0319. The maximum atomic E-state index is 6.32. The number of morpholine rings is 2. The van der Waals surface area contributed by atoms with Gasteiger partial charge in [0.2, 0.25) is 5.88 Å². The molecule has 0 radical (unpaired) electrons. The van der Waals surface area contributed by atoms with Gasteiger partial charge in [-0.3, -0.25) is 4.90 Å². The van der Waals surface area contributed by atoms with E-state index in [9.17, 15) is 0 Å². The van der Waals surface area contributed by atoms with Gasteiger partial charge in [-0.25, -0.2) is 4.98 Å². The molecule has 0 amide bonds. The number of methoxy groups -OCH3 is 2. The lowest BCUT2D eigenvalue weighted by atomic mass is 10.1. The van der Waals surface area contributed by atoms with Gasteiger partial charge in [-0.05, 0) is 48.0 Å². The van der Waals surface area contributed by atoms with E-state index in [4.69, 9.17) is 28.7 Å². The highest BCUT2D eigenvalue weighted by atomic mass is 32.2. The first-order chi connectivity index (χ1) is 23.6. The number of rotatable bonds is 12. The molecule has 3 aromatic carbocycles. The molecule has 2 fully saturated rings. The summed E-state index contributed by atoms with van der Waals surface area (Å²) in [7, 11) is 3.44. The largest absolute Gasteiger partial charge is 0.497 e. The number of anilines is 2. The molecule has 4 heterocycles. The second kappa shape index (κ2) is 15.8. The van der Waals surface area contributed by atoms with Crippen LogP contribution in [0.25, 0.3) is 11.3 Å². The van der Waals surface area contributed by atoms with Crippen molar-refractivity contribution in [2.24, 2.45) is 0 Å². The molecule has 3 aliphatic heterocycles. The molecule has 2 saturated heterocycles. The zero-order valence-corrected chi connectivity index (χ0v) is 29.1. The van der Waals surface area contributed by atoms with Crippen molar-refractivity contribution in [3.63, 3.8) is 0 Å². The Morgan fingerprint density at radius 3 is 2.40 bits per heavy atom. The Kier molecular flexibility index (Phi) is 10.9. The van der Waals surface area contributed by atoms with Crippen molar-refractivity contribution < 1.29 is 23.7 Å². The number of pyridine rings is 1. The summed E-state index contributed by atoms with van der Waals surface area (Å²) in [5.41, 5.74) is 5.27. The van der Waals surface area contributed by atoms with Crippen LogP contribution in [0.5, 0.6) is 11.6 Å². The highest BCUT2D eigenvalue weighted by Gasteiger charge is 2.24. The van der Waals surface area contributed by atoms with Crippen molar-refractivity contribution in [3.05, 3.63) is 78.4 Å². The Morgan fingerprint density at radius 1 is 0.833 bits per heavy atom. The van der Waals surface area contributed by atoms with Crippen LogP contribution >= 0.6 is 23.5 Å². The maximum absolute atomic E-state index is 6.32. The summed E-state index contributed by atoms with van der Waals surface area (Å²) in [5.74, 6) is 1.43. The van der Waals surface area contributed by atoms with Gasteiger partial charge in [0.05, 0.1) is 51.9 Å². The summed E-state index contributed by atoms with van der Waals surface area (Å²) >= 11 is 3.62. The molecular formula is C37H42N4O5S2. The van der Waals surface area contributed by atoms with Crippen LogP contribution in [-0.2, 0) is 20.8 Å². The number of hydrogen-bond donors (Lipinski definition) is 1. The van der Waals surface area contributed by atoms with E-state index in [0.717, 1.165) is 79.9 Å². The van der Waals surface area contributed by atoms with Crippen LogP contribution < -0.4 is 19.7 Å². The molecule has 0 saturated carbocycles. The van der Waals surface area contributed by atoms with Gasteiger partial charge in [-0.1, -0.05) is 47.8 Å². The summed E-state index contributed by atoms with van der Waals surface area (Å²) in [6, 6.07) is 25.6. The Hall–Kier alpha value is -3.45. The number of ether oxygens (including phenoxy) is 5. The fourth-order valence-corrected chi connectivity index (χ4v) is 8.56. The molecule has 1 atom stereocenters. The minimum absolute atomic E-state index is 0.192. The van der Waals surface area contributed by atoms with Crippen LogP contribution in [0.4, 0.5) is 11.4 Å². The third-order valence-corrected chi connectivity index (χ3v) is 11.3. The summed E-state index contributed by atoms with van der Waals surface area (Å²) in [5, 5.41) is 3.74. The van der Waals surface area contributed by atoms with Gasteiger partial charge in [0.1, 0.15) is 12.4 Å². The van der Waals surface area contributed by atoms with Crippen LogP contribution in [0.2, 0.25) is 0 Å². The summed E-state index contributed by atoms with van der Waals surface area (Å²) < 4.78 is 28.4. The standard InChI is InChI=1S/C37H42N4O5S2/c1-42-25-28(23-40-12-16-44-17-13-40)38-27-8-11-33-35(20-27)47-34-5-3-4-31(37(34)48-33)32-21-29(41-14-18-45-19-15-41)22-36(39-32)46-24-26-6-9-30(43-2)10-7-26/h3-11,20-22,28,38H,12-19,23-25H2,1-2H3/t28-/m0/s1. The number of nitrogens with zero attached hydrogens (tertiary/aromatic N) is 3.